The normalized spacial score (nSPS) is 12.1. The SMILES string of the molecule is CC(C)C(NC(=O)c1ccccc1Cl)C(=O)NCCO. The predicted octanol–water partition coefficient (Wildman–Crippen LogP) is 1.20. The van der Waals surface area contributed by atoms with E-state index >= 15 is 0 Å². The van der Waals surface area contributed by atoms with Crippen molar-refractivity contribution in [1.29, 1.82) is 0 Å². The molecule has 0 aliphatic rings. The van der Waals surface area contributed by atoms with Crippen molar-refractivity contribution in [1.82, 2.24) is 10.6 Å². The van der Waals surface area contributed by atoms with Gasteiger partial charge in [-0.1, -0.05) is 37.6 Å². The molecule has 1 aromatic rings. The number of hydrogen-bond acceptors (Lipinski definition) is 3. The fourth-order valence-electron chi connectivity index (χ4n) is 1.69. The Labute approximate surface area is 123 Å². The summed E-state index contributed by atoms with van der Waals surface area (Å²) in [6.07, 6.45) is 0. The van der Waals surface area contributed by atoms with E-state index in [9.17, 15) is 9.59 Å². The van der Waals surface area contributed by atoms with Crippen LogP contribution in [0.15, 0.2) is 24.3 Å². The average Bonchev–Trinajstić information content (AvgIpc) is 2.42. The molecule has 0 fully saturated rings. The highest BCUT2D eigenvalue weighted by Gasteiger charge is 2.24. The largest absolute Gasteiger partial charge is 0.395 e. The molecule has 0 saturated carbocycles. The molecule has 0 aliphatic heterocycles. The van der Waals surface area contributed by atoms with Crippen LogP contribution in [-0.4, -0.2) is 36.1 Å². The van der Waals surface area contributed by atoms with E-state index in [2.05, 4.69) is 10.6 Å². The molecule has 0 heterocycles. The highest BCUT2D eigenvalue weighted by molar-refractivity contribution is 6.33. The molecule has 20 heavy (non-hydrogen) atoms. The van der Waals surface area contributed by atoms with Crippen LogP contribution in [0.3, 0.4) is 0 Å². The van der Waals surface area contributed by atoms with E-state index in [1.54, 1.807) is 24.3 Å². The van der Waals surface area contributed by atoms with E-state index < -0.39 is 11.9 Å². The third-order valence-electron chi connectivity index (χ3n) is 2.77. The fourth-order valence-corrected chi connectivity index (χ4v) is 1.91. The molecule has 110 valence electrons. The molecule has 2 amide bonds. The summed E-state index contributed by atoms with van der Waals surface area (Å²) in [5.41, 5.74) is 0.328. The second-order valence-electron chi connectivity index (χ2n) is 4.69. The Morgan fingerprint density at radius 1 is 1.30 bits per heavy atom. The van der Waals surface area contributed by atoms with Crippen molar-refractivity contribution in [3.63, 3.8) is 0 Å². The van der Waals surface area contributed by atoms with Crippen molar-refractivity contribution in [3.05, 3.63) is 34.9 Å². The van der Waals surface area contributed by atoms with E-state index in [0.717, 1.165) is 0 Å². The Hall–Kier alpha value is -1.59. The van der Waals surface area contributed by atoms with Gasteiger partial charge in [0.05, 0.1) is 17.2 Å². The number of rotatable bonds is 6. The van der Waals surface area contributed by atoms with Crippen molar-refractivity contribution >= 4 is 23.4 Å². The maximum Gasteiger partial charge on any atom is 0.253 e. The van der Waals surface area contributed by atoms with E-state index in [4.69, 9.17) is 16.7 Å². The molecule has 0 radical (unpaired) electrons. The first-order valence-corrected chi connectivity index (χ1v) is 6.79. The molecule has 0 bridgehead atoms. The van der Waals surface area contributed by atoms with Crippen molar-refractivity contribution in [2.75, 3.05) is 13.2 Å². The minimum Gasteiger partial charge on any atom is -0.395 e. The third-order valence-corrected chi connectivity index (χ3v) is 3.09. The molecule has 0 aliphatic carbocycles. The van der Waals surface area contributed by atoms with E-state index in [1.165, 1.54) is 0 Å². The number of benzene rings is 1. The first-order valence-electron chi connectivity index (χ1n) is 6.41. The topological polar surface area (TPSA) is 78.4 Å². The molecule has 1 aromatic carbocycles. The average molecular weight is 299 g/mol. The first kappa shape index (κ1) is 16.5. The van der Waals surface area contributed by atoms with Gasteiger partial charge in [-0.25, -0.2) is 0 Å². The lowest BCUT2D eigenvalue weighted by Gasteiger charge is -2.21. The number of nitrogens with one attached hydrogen (secondary N) is 2. The molecular weight excluding hydrogens is 280 g/mol. The fraction of sp³-hybridized carbons (Fsp3) is 0.429. The number of aliphatic hydroxyl groups is 1. The number of carbonyl (C=O) groups excluding carboxylic acids is 2. The Bertz CT molecular complexity index is 477. The van der Waals surface area contributed by atoms with Gasteiger partial charge in [0.1, 0.15) is 6.04 Å². The zero-order valence-corrected chi connectivity index (χ0v) is 12.3. The highest BCUT2D eigenvalue weighted by Crippen LogP contribution is 2.15. The predicted molar refractivity (Wildman–Crippen MR) is 77.6 cm³/mol. The van der Waals surface area contributed by atoms with E-state index in [1.807, 2.05) is 13.8 Å². The van der Waals surface area contributed by atoms with Crippen LogP contribution in [0.2, 0.25) is 5.02 Å². The molecule has 6 heteroatoms. The quantitative estimate of drug-likeness (QED) is 0.738. The third kappa shape index (κ3) is 4.51. The van der Waals surface area contributed by atoms with E-state index in [-0.39, 0.29) is 25.0 Å². The standard InChI is InChI=1S/C14H19ClN2O3/c1-9(2)12(14(20)16-7-8-18)17-13(19)10-5-3-4-6-11(10)15/h3-6,9,12,18H,7-8H2,1-2H3,(H,16,20)(H,17,19). The minimum atomic E-state index is -0.676. The lowest BCUT2D eigenvalue weighted by molar-refractivity contribution is -0.124. The Kier molecular flexibility index (Phi) is 6.48. The van der Waals surface area contributed by atoms with Crippen LogP contribution in [0.1, 0.15) is 24.2 Å². The minimum absolute atomic E-state index is 0.0832. The summed E-state index contributed by atoms with van der Waals surface area (Å²) in [5.74, 6) is -0.803. The molecule has 0 aromatic heterocycles. The Morgan fingerprint density at radius 2 is 1.95 bits per heavy atom. The smallest absolute Gasteiger partial charge is 0.253 e. The van der Waals surface area contributed by atoms with Crippen LogP contribution in [0, 0.1) is 5.92 Å². The van der Waals surface area contributed by atoms with Crippen LogP contribution in [-0.2, 0) is 4.79 Å². The number of hydrogen-bond donors (Lipinski definition) is 3. The molecule has 1 rings (SSSR count). The first-order chi connectivity index (χ1) is 9.47. The summed E-state index contributed by atoms with van der Waals surface area (Å²) in [7, 11) is 0. The molecule has 0 spiro atoms. The van der Waals surface area contributed by atoms with E-state index in [0.29, 0.717) is 10.6 Å². The Morgan fingerprint density at radius 3 is 2.50 bits per heavy atom. The van der Waals surface area contributed by atoms with Gasteiger partial charge in [0.15, 0.2) is 0 Å². The molecule has 5 nitrogen and oxygen atoms in total. The summed E-state index contributed by atoms with van der Waals surface area (Å²) < 4.78 is 0. The van der Waals surface area contributed by atoms with Gasteiger partial charge in [-0.2, -0.15) is 0 Å². The molecule has 3 N–H and O–H groups in total. The van der Waals surface area contributed by atoms with Gasteiger partial charge in [0.25, 0.3) is 5.91 Å². The molecule has 1 unspecified atom stereocenters. The van der Waals surface area contributed by atoms with Gasteiger partial charge in [0.2, 0.25) is 5.91 Å². The van der Waals surface area contributed by atoms with Gasteiger partial charge >= 0.3 is 0 Å². The number of carbonyl (C=O) groups is 2. The summed E-state index contributed by atoms with van der Waals surface area (Å²) in [4.78, 5) is 24.1. The van der Waals surface area contributed by atoms with Gasteiger partial charge in [-0.3, -0.25) is 9.59 Å². The molecule has 0 saturated heterocycles. The van der Waals surface area contributed by atoms with Crippen LogP contribution in [0.4, 0.5) is 0 Å². The van der Waals surface area contributed by atoms with Crippen molar-refractivity contribution in [3.8, 4) is 0 Å². The zero-order valence-electron chi connectivity index (χ0n) is 11.5. The summed E-state index contributed by atoms with van der Waals surface area (Å²) in [5, 5.41) is 14.3. The molecule has 1 atom stereocenters. The lowest BCUT2D eigenvalue weighted by Crippen LogP contribution is -2.50. The van der Waals surface area contributed by atoms with Crippen LogP contribution < -0.4 is 10.6 Å². The van der Waals surface area contributed by atoms with Crippen molar-refractivity contribution in [2.24, 2.45) is 5.92 Å². The summed E-state index contributed by atoms with van der Waals surface area (Å²) in [6.45, 7) is 3.67. The van der Waals surface area contributed by atoms with Crippen LogP contribution in [0.5, 0.6) is 0 Å². The second-order valence-corrected chi connectivity index (χ2v) is 5.10. The van der Waals surface area contributed by atoms with Gasteiger partial charge in [-0.15, -0.1) is 0 Å². The monoisotopic (exact) mass is 298 g/mol. The number of aliphatic hydroxyl groups excluding tert-OH is 1. The lowest BCUT2D eigenvalue weighted by atomic mass is 10.0. The van der Waals surface area contributed by atoms with Crippen molar-refractivity contribution < 1.29 is 14.7 Å². The second kappa shape index (κ2) is 7.87. The summed E-state index contributed by atoms with van der Waals surface area (Å²) in [6, 6.07) is 5.97. The van der Waals surface area contributed by atoms with Gasteiger partial charge in [0, 0.05) is 6.54 Å². The van der Waals surface area contributed by atoms with Gasteiger partial charge < -0.3 is 15.7 Å². The number of amides is 2. The van der Waals surface area contributed by atoms with Gasteiger partial charge in [-0.05, 0) is 18.1 Å². The highest BCUT2D eigenvalue weighted by atomic mass is 35.5. The number of halogens is 1. The maximum atomic E-state index is 12.1. The Balaban J connectivity index is 2.78. The van der Waals surface area contributed by atoms with Crippen molar-refractivity contribution in [2.45, 2.75) is 19.9 Å². The van der Waals surface area contributed by atoms with Crippen LogP contribution in [0.25, 0.3) is 0 Å². The zero-order chi connectivity index (χ0) is 15.1. The maximum absolute atomic E-state index is 12.1. The summed E-state index contributed by atoms with van der Waals surface area (Å²) >= 11 is 5.95. The molecular formula is C14H19ClN2O3. The van der Waals surface area contributed by atoms with Crippen LogP contribution >= 0.6 is 11.6 Å².